The van der Waals surface area contributed by atoms with Gasteiger partial charge in [-0.3, -0.25) is 9.20 Å². The molecular formula is C22H20BrN5O4S. The van der Waals surface area contributed by atoms with Crippen molar-refractivity contribution >= 4 is 43.7 Å². The number of carbonyl (C=O) groups excluding carboxylic acids is 1. The number of carbonyl (C=O) groups is 1. The van der Waals surface area contributed by atoms with Gasteiger partial charge >= 0.3 is 0 Å². The number of hydrogen-bond acceptors (Lipinski definition) is 6. The minimum Gasteiger partial charge on any atom is -0.459 e. The molecule has 0 aliphatic heterocycles. The zero-order valence-electron chi connectivity index (χ0n) is 17.7. The van der Waals surface area contributed by atoms with Crippen LogP contribution in [0.4, 0.5) is 0 Å². The topological polar surface area (TPSA) is 118 Å². The van der Waals surface area contributed by atoms with E-state index in [1.54, 1.807) is 41.8 Å². The second-order valence-corrected chi connectivity index (χ2v) is 9.94. The summed E-state index contributed by atoms with van der Waals surface area (Å²) in [5.41, 5.74) is 5.18. The van der Waals surface area contributed by atoms with Crippen LogP contribution in [0.25, 0.3) is 5.65 Å². The zero-order valence-corrected chi connectivity index (χ0v) is 20.1. The third kappa shape index (κ3) is 5.21. The maximum Gasteiger partial charge on any atom is 0.290 e. The molecule has 0 aliphatic rings. The Morgan fingerprint density at radius 1 is 1.18 bits per heavy atom. The number of benzene rings is 1. The summed E-state index contributed by atoms with van der Waals surface area (Å²) >= 11 is 3.27. The molecule has 0 unspecified atom stereocenters. The number of hydrazone groups is 1. The van der Waals surface area contributed by atoms with Crippen molar-refractivity contribution in [2.45, 2.75) is 25.3 Å². The van der Waals surface area contributed by atoms with Crippen molar-refractivity contribution in [1.29, 1.82) is 0 Å². The number of furan rings is 1. The molecule has 0 radical (unpaired) electrons. The fraction of sp³-hybridized carbons (Fsp3) is 0.136. The number of fused-ring (bicyclic) bond motifs is 1. The predicted octanol–water partition coefficient (Wildman–Crippen LogP) is 3.55. The molecule has 0 fully saturated rings. The SMILES string of the molecule is Cc1ccn2c(C(=O)N/N=C/c3ccc(CNS(=O)(=O)c4ccc(Br)cc4)o3)c(C)nc2c1. The van der Waals surface area contributed by atoms with Gasteiger partial charge in [0.2, 0.25) is 10.0 Å². The molecule has 3 heterocycles. The van der Waals surface area contributed by atoms with Gasteiger partial charge in [0, 0.05) is 10.7 Å². The first-order valence-electron chi connectivity index (χ1n) is 9.85. The molecule has 4 aromatic rings. The molecule has 0 aliphatic carbocycles. The molecular weight excluding hydrogens is 510 g/mol. The van der Waals surface area contributed by atoms with Crippen LogP contribution < -0.4 is 10.1 Å². The molecule has 11 heteroatoms. The van der Waals surface area contributed by atoms with Gasteiger partial charge in [0.15, 0.2) is 0 Å². The van der Waals surface area contributed by atoms with Crippen molar-refractivity contribution in [3.05, 3.63) is 87.7 Å². The highest BCUT2D eigenvalue weighted by Gasteiger charge is 2.16. The Morgan fingerprint density at radius 3 is 2.70 bits per heavy atom. The van der Waals surface area contributed by atoms with Gasteiger partial charge in [0.05, 0.1) is 23.3 Å². The van der Waals surface area contributed by atoms with Crippen molar-refractivity contribution in [3.8, 4) is 0 Å². The van der Waals surface area contributed by atoms with Gasteiger partial charge in [0.25, 0.3) is 5.91 Å². The van der Waals surface area contributed by atoms with Crippen LogP contribution in [0.1, 0.15) is 33.3 Å². The molecule has 4 rings (SSSR count). The number of pyridine rings is 1. The van der Waals surface area contributed by atoms with E-state index >= 15 is 0 Å². The molecule has 0 saturated carbocycles. The van der Waals surface area contributed by atoms with Gasteiger partial charge < -0.3 is 4.42 Å². The van der Waals surface area contributed by atoms with Crippen LogP contribution in [-0.2, 0) is 16.6 Å². The number of amides is 1. The second kappa shape index (κ2) is 9.30. The average molecular weight is 530 g/mol. The van der Waals surface area contributed by atoms with Gasteiger partial charge in [-0.15, -0.1) is 0 Å². The van der Waals surface area contributed by atoms with E-state index in [1.807, 2.05) is 19.1 Å². The van der Waals surface area contributed by atoms with E-state index in [0.29, 0.717) is 28.6 Å². The molecule has 2 N–H and O–H groups in total. The average Bonchev–Trinajstić information content (AvgIpc) is 3.35. The molecule has 33 heavy (non-hydrogen) atoms. The smallest absolute Gasteiger partial charge is 0.290 e. The third-order valence-electron chi connectivity index (χ3n) is 4.77. The van der Waals surface area contributed by atoms with E-state index in [4.69, 9.17) is 4.42 Å². The summed E-state index contributed by atoms with van der Waals surface area (Å²) in [6, 6.07) is 13.3. The van der Waals surface area contributed by atoms with Crippen LogP contribution in [-0.4, -0.2) is 29.9 Å². The lowest BCUT2D eigenvalue weighted by molar-refractivity contribution is 0.0948. The van der Waals surface area contributed by atoms with Crippen LogP contribution in [0.2, 0.25) is 0 Å². The van der Waals surface area contributed by atoms with Crippen molar-refractivity contribution in [1.82, 2.24) is 19.5 Å². The minimum absolute atomic E-state index is 0.0287. The Balaban J connectivity index is 1.38. The molecule has 3 aromatic heterocycles. The Hall–Kier alpha value is -3.28. The lowest BCUT2D eigenvalue weighted by Gasteiger charge is -2.05. The van der Waals surface area contributed by atoms with Gasteiger partial charge in [-0.05, 0) is 67.9 Å². The first-order chi connectivity index (χ1) is 15.7. The summed E-state index contributed by atoms with van der Waals surface area (Å²) in [7, 11) is -3.67. The van der Waals surface area contributed by atoms with E-state index in [9.17, 15) is 13.2 Å². The Bertz CT molecular complexity index is 1460. The molecule has 0 bridgehead atoms. The number of nitrogens with one attached hydrogen (secondary N) is 2. The highest BCUT2D eigenvalue weighted by Crippen LogP contribution is 2.16. The standard InChI is InChI=1S/C22H20BrN5O4S/c1-14-9-10-28-20(11-14)26-15(2)21(28)22(29)27-24-12-17-5-6-18(32-17)13-25-33(30,31)19-7-3-16(23)4-8-19/h3-12,25H,13H2,1-2H3,(H,27,29)/b24-12+. The number of sulfonamides is 1. The summed E-state index contributed by atoms with van der Waals surface area (Å²) in [6.07, 6.45) is 3.13. The molecule has 0 saturated heterocycles. The summed E-state index contributed by atoms with van der Waals surface area (Å²) in [6.45, 7) is 3.69. The van der Waals surface area contributed by atoms with Crippen LogP contribution >= 0.6 is 15.9 Å². The Labute approximate surface area is 198 Å². The molecule has 9 nitrogen and oxygen atoms in total. The van der Waals surface area contributed by atoms with Crippen LogP contribution in [0.15, 0.2) is 73.6 Å². The molecule has 1 amide bonds. The van der Waals surface area contributed by atoms with E-state index in [1.165, 1.54) is 18.3 Å². The lowest BCUT2D eigenvalue weighted by Crippen LogP contribution is -2.22. The van der Waals surface area contributed by atoms with Gasteiger partial charge in [-0.25, -0.2) is 23.5 Å². The van der Waals surface area contributed by atoms with E-state index < -0.39 is 15.9 Å². The fourth-order valence-electron chi connectivity index (χ4n) is 3.17. The first-order valence-corrected chi connectivity index (χ1v) is 12.1. The maximum atomic E-state index is 12.6. The monoisotopic (exact) mass is 529 g/mol. The zero-order chi connectivity index (χ0) is 23.6. The van der Waals surface area contributed by atoms with E-state index in [0.717, 1.165) is 10.0 Å². The maximum absolute atomic E-state index is 12.6. The van der Waals surface area contributed by atoms with Gasteiger partial charge in [0.1, 0.15) is 22.9 Å². The van der Waals surface area contributed by atoms with Gasteiger partial charge in [-0.1, -0.05) is 15.9 Å². The molecule has 0 atom stereocenters. The number of halogens is 1. The van der Waals surface area contributed by atoms with Crippen LogP contribution in [0, 0.1) is 13.8 Å². The number of imidazole rings is 1. The number of aryl methyl sites for hydroxylation is 2. The highest BCUT2D eigenvalue weighted by atomic mass is 79.9. The van der Waals surface area contributed by atoms with E-state index in [2.05, 4.69) is 36.2 Å². The number of nitrogens with zero attached hydrogens (tertiary/aromatic N) is 3. The highest BCUT2D eigenvalue weighted by molar-refractivity contribution is 9.10. The second-order valence-electron chi connectivity index (χ2n) is 7.26. The first kappa shape index (κ1) is 22.9. The van der Waals surface area contributed by atoms with Gasteiger partial charge in [-0.2, -0.15) is 5.10 Å². The molecule has 0 spiro atoms. The largest absolute Gasteiger partial charge is 0.459 e. The van der Waals surface area contributed by atoms with Crippen LogP contribution in [0.5, 0.6) is 0 Å². The van der Waals surface area contributed by atoms with Crippen LogP contribution in [0.3, 0.4) is 0 Å². The molecule has 170 valence electrons. The normalized spacial score (nSPS) is 12.0. The van der Waals surface area contributed by atoms with Crippen molar-refractivity contribution in [2.24, 2.45) is 5.10 Å². The number of hydrogen-bond donors (Lipinski definition) is 2. The summed E-state index contributed by atoms with van der Waals surface area (Å²) in [5.74, 6) is 0.351. The lowest BCUT2D eigenvalue weighted by atomic mass is 10.3. The summed E-state index contributed by atoms with van der Waals surface area (Å²) < 4.78 is 35.3. The minimum atomic E-state index is -3.67. The summed E-state index contributed by atoms with van der Waals surface area (Å²) in [5, 5.41) is 3.94. The third-order valence-corrected chi connectivity index (χ3v) is 6.72. The number of aromatic nitrogens is 2. The predicted molar refractivity (Wildman–Crippen MR) is 127 cm³/mol. The number of rotatable bonds is 7. The van der Waals surface area contributed by atoms with Crippen molar-refractivity contribution < 1.29 is 17.6 Å². The summed E-state index contributed by atoms with van der Waals surface area (Å²) in [4.78, 5) is 17.2. The van der Waals surface area contributed by atoms with Crippen molar-refractivity contribution in [3.63, 3.8) is 0 Å². The Kier molecular flexibility index (Phi) is 6.45. The van der Waals surface area contributed by atoms with E-state index in [-0.39, 0.29) is 11.4 Å². The quantitative estimate of drug-likeness (QED) is 0.280. The Morgan fingerprint density at radius 2 is 1.94 bits per heavy atom. The molecule has 1 aromatic carbocycles. The van der Waals surface area contributed by atoms with Crippen molar-refractivity contribution in [2.75, 3.05) is 0 Å². The fourth-order valence-corrected chi connectivity index (χ4v) is 4.43.